The third kappa shape index (κ3) is 4.77. The minimum atomic E-state index is -0.317. The highest BCUT2D eigenvalue weighted by molar-refractivity contribution is 9.10. The summed E-state index contributed by atoms with van der Waals surface area (Å²) in [7, 11) is 0. The van der Waals surface area contributed by atoms with Gasteiger partial charge in [-0.25, -0.2) is 4.39 Å². The predicted octanol–water partition coefficient (Wildman–Crippen LogP) is 4.92. The molecule has 1 atom stereocenters. The highest BCUT2D eigenvalue weighted by Crippen LogP contribution is 2.27. The van der Waals surface area contributed by atoms with Gasteiger partial charge < -0.3 is 5.32 Å². The fraction of sp³-hybridized carbons (Fsp3) is 0.312. The standard InChI is InChI=1S/C16H17BrClFN2/c1-2-5-21-16(7-11-6-12(17)10-20-9-11)14-4-3-13(19)8-15(14)18/h3-4,6,8-10,16,21H,2,5,7H2,1H3. The topological polar surface area (TPSA) is 24.9 Å². The molecule has 0 amide bonds. The zero-order valence-corrected chi connectivity index (χ0v) is 14.1. The summed E-state index contributed by atoms with van der Waals surface area (Å²) < 4.78 is 14.2. The Balaban J connectivity index is 2.25. The largest absolute Gasteiger partial charge is 0.310 e. The average Bonchev–Trinajstić information content (AvgIpc) is 2.44. The van der Waals surface area contributed by atoms with Crippen LogP contribution >= 0.6 is 27.5 Å². The van der Waals surface area contributed by atoms with Crippen LogP contribution in [0.5, 0.6) is 0 Å². The van der Waals surface area contributed by atoms with Crippen LogP contribution in [0.15, 0.2) is 41.1 Å². The first-order valence-electron chi connectivity index (χ1n) is 6.88. The van der Waals surface area contributed by atoms with Crippen molar-refractivity contribution in [3.63, 3.8) is 0 Å². The van der Waals surface area contributed by atoms with E-state index in [0.717, 1.165) is 35.0 Å². The van der Waals surface area contributed by atoms with Crippen LogP contribution in [0, 0.1) is 5.82 Å². The third-order valence-electron chi connectivity index (χ3n) is 3.18. The molecule has 5 heteroatoms. The molecule has 0 aliphatic heterocycles. The van der Waals surface area contributed by atoms with Crippen LogP contribution in [0.4, 0.5) is 4.39 Å². The number of rotatable bonds is 6. The molecule has 0 saturated carbocycles. The van der Waals surface area contributed by atoms with Gasteiger partial charge in [-0.15, -0.1) is 0 Å². The maximum absolute atomic E-state index is 13.2. The van der Waals surface area contributed by atoms with Crippen molar-refractivity contribution in [1.29, 1.82) is 0 Å². The highest BCUT2D eigenvalue weighted by Gasteiger charge is 2.15. The molecule has 0 aliphatic carbocycles. The number of nitrogens with zero attached hydrogens (tertiary/aromatic N) is 1. The van der Waals surface area contributed by atoms with Gasteiger partial charge in [0, 0.05) is 27.9 Å². The highest BCUT2D eigenvalue weighted by atomic mass is 79.9. The van der Waals surface area contributed by atoms with Crippen LogP contribution in [-0.2, 0) is 6.42 Å². The van der Waals surface area contributed by atoms with E-state index in [0.29, 0.717) is 5.02 Å². The van der Waals surface area contributed by atoms with Crippen molar-refractivity contribution in [2.24, 2.45) is 0 Å². The Hall–Kier alpha value is -0.970. The monoisotopic (exact) mass is 370 g/mol. The van der Waals surface area contributed by atoms with Gasteiger partial charge in [0.2, 0.25) is 0 Å². The maximum Gasteiger partial charge on any atom is 0.124 e. The molecule has 0 fully saturated rings. The molecule has 0 spiro atoms. The quantitative estimate of drug-likeness (QED) is 0.779. The fourth-order valence-electron chi connectivity index (χ4n) is 2.20. The Morgan fingerprint density at radius 2 is 2.14 bits per heavy atom. The second-order valence-electron chi connectivity index (χ2n) is 4.89. The van der Waals surface area contributed by atoms with Crippen LogP contribution in [0.3, 0.4) is 0 Å². The lowest BCUT2D eigenvalue weighted by atomic mass is 9.99. The first kappa shape index (κ1) is 16.4. The molecule has 1 aromatic heterocycles. The number of nitrogens with one attached hydrogen (secondary N) is 1. The van der Waals surface area contributed by atoms with Gasteiger partial charge in [0.25, 0.3) is 0 Å². The minimum Gasteiger partial charge on any atom is -0.310 e. The normalized spacial score (nSPS) is 12.4. The number of hydrogen-bond acceptors (Lipinski definition) is 2. The number of pyridine rings is 1. The molecule has 112 valence electrons. The summed E-state index contributed by atoms with van der Waals surface area (Å²) in [5.74, 6) is -0.317. The van der Waals surface area contributed by atoms with Crippen molar-refractivity contribution in [3.8, 4) is 0 Å². The van der Waals surface area contributed by atoms with Crippen LogP contribution in [-0.4, -0.2) is 11.5 Å². The molecule has 1 heterocycles. The van der Waals surface area contributed by atoms with Crippen molar-refractivity contribution < 1.29 is 4.39 Å². The van der Waals surface area contributed by atoms with Crippen LogP contribution < -0.4 is 5.32 Å². The number of aromatic nitrogens is 1. The molecule has 2 aromatic rings. The van der Waals surface area contributed by atoms with Gasteiger partial charge in [0.05, 0.1) is 0 Å². The molecule has 0 bridgehead atoms. The summed E-state index contributed by atoms with van der Waals surface area (Å²) in [5, 5.41) is 3.91. The van der Waals surface area contributed by atoms with E-state index < -0.39 is 0 Å². The van der Waals surface area contributed by atoms with Crippen LogP contribution in [0.25, 0.3) is 0 Å². The van der Waals surface area contributed by atoms with Crippen molar-refractivity contribution in [1.82, 2.24) is 10.3 Å². The van der Waals surface area contributed by atoms with Gasteiger partial charge in [-0.1, -0.05) is 24.6 Å². The van der Waals surface area contributed by atoms with Crippen molar-refractivity contribution in [3.05, 3.63) is 63.1 Å². The Bertz CT molecular complexity index is 607. The van der Waals surface area contributed by atoms with E-state index in [-0.39, 0.29) is 11.9 Å². The predicted molar refractivity (Wildman–Crippen MR) is 88.1 cm³/mol. The Kier molecular flexibility index (Phi) is 6.15. The first-order valence-corrected chi connectivity index (χ1v) is 8.05. The van der Waals surface area contributed by atoms with Gasteiger partial charge in [-0.3, -0.25) is 4.98 Å². The second kappa shape index (κ2) is 7.87. The van der Waals surface area contributed by atoms with Gasteiger partial charge >= 0.3 is 0 Å². The van der Waals surface area contributed by atoms with Crippen molar-refractivity contribution in [2.75, 3.05) is 6.54 Å². The van der Waals surface area contributed by atoms with Gasteiger partial charge in [-0.05, 0) is 64.6 Å². The van der Waals surface area contributed by atoms with Crippen LogP contribution in [0.2, 0.25) is 5.02 Å². The molecule has 1 N–H and O–H groups in total. The first-order chi connectivity index (χ1) is 10.1. The van der Waals surface area contributed by atoms with E-state index in [1.165, 1.54) is 12.1 Å². The lowest BCUT2D eigenvalue weighted by molar-refractivity contribution is 0.527. The van der Waals surface area contributed by atoms with Crippen molar-refractivity contribution in [2.45, 2.75) is 25.8 Å². The number of benzene rings is 1. The van der Waals surface area contributed by atoms with Gasteiger partial charge in [-0.2, -0.15) is 0 Å². The summed E-state index contributed by atoms with van der Waals surface area (Å²) in [5.41, 5.74) is 2.00. The molecule has 1 aromatic carbocycles. The number of halogens is 3. The molecule has 21 heavy (non-hydrogen) atoms. The van der Waals surface area contributed by atoms with E-state index in [9.17, 15) is 4.39 Å². The van der Waals surface area contributed by atoms with E-state index in [2.05, 4.69) is 33.2 Å². The fourth-order valence-corrected chi connectivity index (χ4v) is 2.91. The lowest BCUT2D eigenvalue weighted by Gasteiger charge is -2.20. The Labute approximate surface area is 137 Å². The van der Waals surface area contributed by atoms with Gasteiger partial charge in [0.1, 0.15) is 5.82 Å². The molecule has 1 unspecified atom stereocenters. The molecule has 0 radical (unpaired) electrons. The maximum atomic E-state index is 13.2. The summed E-state index contributed by atoms with van der Waals surface area (Å²) in [6.07, 6.45) is 5.36. The summed E-state index contributed by atoms with van der Waals surface area (Å²) in [6.45, 7) is 2.98. The molecular weight excluding hydrogens is 355 g/mol. The lowest BCUT2D eigenvalue weighted by Crippen LogP contribution is -2.24. The summed E-state index contributed by atoms with van der Waals surface area (Å²) in [6, 6.07) is 6.62. The van der Waals surface area contributed by atoms with E-state index >= 15 is 0 Å². The molecular formula is C16H17BrClFN2. The Morgan fingerprint density at radius 3 is 2.81 bits per heavy atom. The zero-order valence-electron chi connectivity index (χ0n) is 11.7. The minimum absolute atomic E-state index is 0.0362. The van der Waals surface area contributed by atoms with E-state index in [1.807, 2.05) is 12.3 Å². The average molecular weight is 372 g/mol. The second-order valence-corrected chi connectivity index (χ2v) is 6.21. The molecule has 0 saturated heterocycles. The van der Waals surface area contributed by atoms with Gasteiger partial charge in [0.15, 0.2) is 0 Å². The van der Waals surface area contributed by atoms with E-state index in [1.54, 1.807) is 12.3 Å². The smallest absolute Gasteiger partial charge is 0.124 e. The molecule has 2 nitrogen and oxygen atoms in total. The molecule has 2 rings (SSSR count). The van der Waals surface area contributed by atoms with Crippen molar-refractivity contribution >= 4 is 27.5 Å². The van der Waals surface area contributed by atoms with E-state index in [4.69, 9.17) is 11.6 Å². The third-order valence-corrected chi connectivity index (χ3v) is 3.94. The molecule has 0 aliphatic rings. The summed E-state index contributed by atoms with van der Waals surface area (Å²) >= 11 is 9.62. The zero-order chi connectivity index (χ0) is 15.2. The Morgan fingerprint density at radius 1 is 1.33 bits per heavy atom. The summed E-state index contributed by atoms with van der Waals surface area (Å²) in [4.78, 5) is 4.18. The number of hydrogen-bond donors (Lipinski definition) is 1. The SMILES string of the molecule is CCCNC(Cc1cncc(Br)c1)c1ccc(F)cc1Cl. The van der Waals surface area contributed by atoms with Crippen LogP contribution in [0.1, 0.15) is 30.5 Å².